The van der Waals surface area contributed by atoms with Gasteiger partial charge in [0.1, 0.15) is 0 Å². The summed E-state index contributed by atoms with van der Waals surface area (Å²) in [7, 11) is 1.24. The van der Waals surface area contributed by atoms with Crippen LogP contribution in [0.1, 0.15) is 56.1 Å². The second-order valence-electron chi connectivity index (χ2n) is 5.78. The lowest BCUT2D eigenvalue weighted by atomic mass is 9.79. The van der Waals surface area contributed by atoms with E-state index >= 15 is 0 Å². The minimum absolute atomic E-state index is 0.112. The fourth-order valence-corrected chi connectivity index (χ4v) is 3.18. The second-order valence-corrected chi connectivity index (χ2v) is 5.78. The Morgan fingerprint density at radius 3 is 3.23 bits per heavy atom. The molecule has 2 N–H and O–H groups in total. The van der Waals surface area contributed by atoms with Gasteiger partial charge in [-0.25, -0.2) is 0 Å². The molecular weight excluding hydrogens is 278 g/mol. The van der Waals surface area contributed by atoms with Crippen molar-refractivity contribution in [2.75, 3.05) is 20.2 Å². The van der Waals surface area contributed by atoms with Gasteiger partial charge in [-0.3, -0.25) is 4.90 Å². The summed E-state index contributed by atoms with van der Waals surface area (Å²) in [5.41, 5.74) is 0.414. The fraction of sp³-hybridized carbons (Fsp3) is 0.667. The first-order chi connectivity index (χ1) is 14.0. The van der Waals surface area contributed by atoms with Gasteiger partial charge in [0.25, 0.3) is 0 Å². The number of aliphatic hydroxyl groups excluding tert-OH is 1. The third kappa shape index (κ3) is 2.82. The summed E-state index contributed by atoms with van der Waals surface area (Å²) in [6, 6.07) is -2.21. The molecule has 1 fully saturated rings. The molecule has 4 heteroatoms. The number of fused-ring (bicyclic) bond motifs is 3. The Morgan fingerprint density at radius 2 is 2.50 bits per heavy atom. The highest BCUT2D eigenvalue weighted by Crippen LogP contribution is 2.43. The molecule has 0 amide bonds. The van der Waals surface area contributed by atoms with Crippen LogP contribution in [0.4, 0.5) is 0 Å². The van der Waals surface area contributed by atoms with Crippen molar-refractivity contribution in [3.05, 3.63) is 23.2 Å². The van der Waals surface area contributed by atoms with Gasteiger partial charge in [0.15, 0.2) is 11.5 Å². The Hall–Kier alpha value is -1.26. The van der Waals surface area contributed by atoms with Crippen molar-refractivity contribution in [1.29, 1.82) is 0 Å². The highest BCUT2D eigenvalue weighted by Gasteiger charge is 2.38. The summed E-state index contributed by atoms with van der Waals surface area (Å²) < 4.78 is 78.7. The predicted molar refractivity (Wildman–Crippen MR) is 86.2 cm³/mol. The summed E-state index contributed by atoms with van der Waals surface area (Å²) in [5.74, 6) is -4.48. The third-order valence-electron chi connectivity index (χ3n) is 4.22. The zero-order valence-electron chi connectivity index (χ0n) is 21.7. The minimum atomic E-state index is -2.93. The number of benzene rings is 1. The lowest BCUT2D eigenvalue weighted by Gasteiger charge is -2.46. The van der Waals surface area contributed by atoms with Crippen LogP contribution in [-0.4, -0.2) is 41.4 Å². The Balaban J connectivity index is 2.08. The zero-order chi connectivity index (χ0) is 23.7. The summed E-state index contributed by atoms with van der Waals surface area (Å²) in [4.78, 5) is 1.55. The molecule has 0 bridgehead atoms. The van der Waals surface area contributed by atoms with Crippen LogP contribution in [0.25, 0.3) is 0 Å². The van der Waals surface area contributed by atoms with E-state index in [0.717, 1.165) is 6.92 Å². The molecule has 1 saturated heterocycles. The van der Waals surface area contributed by atoms with Crippen molar-refractivity contribution in [1.82, 2.24) is 4.90 Å². The number of nitrogens with zero attached hydrogens (tertiary/aromatic N) is 1. The Morgan fingerprint density at radius 1 is 1.68 bits per heavy atom. The predicted octanol–water partition coefficient (Wildman–Crippen LogP) is 2.73. The van der Waals surface area contributed by atoms with E-state index in [0.29, 0.717) is 5.56 Å². The molecule has 22 heavy (non-hydrogen) atoms. The second kappa shape index (κ2) is 6.09. The van der Waals surface area contributed by atoms with E-state index in [1.54, 1.807) is 4.90 Å². The van der Waals surface area contributed by atoms with Gasteiger partial charge in [-0.2, -0.15) is 0 Å². The standard InChI is InChI=1S/C18H27NO3/c1-11(2)6-13-10-19-5-4-12-7-17(21)18(22-3)8-14(12)15(19)9-16(13)20/h7-8,11,13,15-16,20-21H,4-6,9-10H2,1-3H3/i1D3,6D2,7D,8D,11D,15D. The SMILES string of the molecule is [2H]c1c(O)c(OC)c([2H])c2c1CCN1CC(C([2H])([2H])C([2H])(C)C([2H])([2H])[2H])C(O)CC21[2H]. The highest BCUT2D eigenvalue weighted by molar-refractivity contribution is 5.48. The smallest absolute Gasteiger partial charge is 0.160 e. The first-order valence-electron chi connectivity index (χ1n) is 11.8. The first kappa shape index (κ1) is 8.02. The number of ether oxygens (including phenoxy) is 1. The van der Waals surface area contributed by atoms with Crippen molar-refractivity contribution in [2.24, 2.45) is 11.8 Å². The van der Waals surface area contributed by atoms with Crippen LogP contribution < -0.4 is 4.74 Å². The lowest BCUT2D eigenvalue weighted by Crippen LogP contribution is -2.48. The maximum atomic E-state index is 10.9. The highest BCUT2D eigenvalue weighted by atomic mass is 16.5. The van der Waals surface area contributed by atoms with E-state index in [-0.39, 0.29) is 49.3 Å². The summed E-state index contributed by atoms with van der Waals surface area (Å²) in [5, 5.41) is 21.1. The van der Waals surface area contributed by atoms with Crippen molar-refractivity contribution < 1.29 is 27.3 Å². The first-order valence-corrected chi connectivity index (χ1v) is 7.35. The molecule has 0 spiro atoms. The quantitative estimate of drug-likeness (QED) is 0.901. The number of aromatic hydroxyl groups is 1. The molecular formula is C18H27NO3. The van der Waals surface area contributed by atoms with E-state index in [1.165, 1.54) is 7.11 Å². The fourth-order valence-electron chi connectivity index (χ4n) is 3.18. The number of methoxy groups -OCH3 is 1. The molecule has 4 nitrogen and oxygen atoms in total. The largest absolute Gasteiger partial charge is 0.504 e. The van der Waals surface area contributed by atoms with Crippen LogP contribution in [0.3, 0.4) is 0 Å². The number of phenols is 1. The molecule has 2 aliphatic rings. The van der Waals surface area contributed by atoms with Gasteiger partial charge in [0.05, 0.1) is 17.3 Å². The van der Waals surface area contributed by atoms with E-state index in [9.17, 15) is 10.2 Å². The molecule has 0 saturated carbocycles. The Labute approximate surface area is 145 Å². The Bertz CT molecular complexity index is 889. The molecule has 4 unspecified atom stereocenters. The van der Waals surface area contributed by atoms with Gasteiger partial charge in [-0.05, 0) is 54.2 Å². The van der Waals surface area contributed by atoms with Gasteiger partial charge >= 0.3 is 0 Å². The molecule has 1 aromatic carbocycles. The van der Waals surface area contributed by atoms with Crippen molar-refractivity contribution in [3.8, 4) is 11.5 Å². The number of phenolic OH excluding ortho intramolecular Hbond substituents is 1. The van der Waals surface area contributed by atoms with Gasteiger partial charge < -0.3 is 14.9 Å². The summed E-state index contributed by atoms with van der Waals surface area (Å²) in [6.45, 7) is -1.95. The van der Waals surface area contributed by atoms with Gasteiger partial charge in [-0.1, -0.05) is 13.8 Å². The molecule has 0 radical (unpaired) electrons. The molecule has 0 aliphatic carbocycles. The van der Waals surface area contributed by atoms with Gasteiger partial charge in [0.2, 0.25) is 0 Å². The van der Waals surface area contributed by atoms with Crippen molar-refractivity contribution >= 4 is 0 Å². The summed E-state index contributed by atoms with van der Waals surface area (Å²) >= 11 is 0. The molecule has 0 aromatic heterocycles. The number of hydrogen-bond donors (Lipinski definition) is 2. The van der Waals surface area contributed by atoms with Crippen LogP contribution in [0.5, 0.6) is 11.5 Å². The van der Waals surface area contributed by atoms with E-state index in [2.05, 4.69) is 0 Å². The average molecular weight is 314 g/mol. The van der Waals surface area contributed by atoms with Crippen molar-refractivity contribution in [3.63, 3.8) is 0 Å². The number of piperidine rings is 1. The summed E-state index contributed by atoms with van der Waals surface area (Å²) in [6.07, 6.45) is -4.20. The van der Waals surface area contributed by atoms with Crippen LogP contribution in [0.2, 0.25) is 0 Å². The van der Waals surface area contributed by atoms with E-state index in [1.807, 2.05) is 0 Å². The monoisotopic (exact) mass is 314 g/mol. The molecule has 3 rings (SSSR count). The maximum Gasteiger partial charge on any atom is 0.160 e. The lowest BCUT2D eigenvalue weighted by molar-refractivity contribution is -0.0191. The molecule has 2 heterocycles. The van der Waals surface area contributed by atoms with Crippen LogP contribution in [-0.2, 0) is 6.42 Å². The molecule has 4 atom stereocenters. The normalized spacial score (nSPS) is 41.5. The molecule has 1 aromatic rings. The van der Waals surface area contributed by atoms with Crippen molar-refractivity contribution in [2.45, 2.75) is 45.1 Å². The number of hydrogen-bond acceptors (Lipinski definition) is 4. The topological polar surface area (TPSA) is 52.9 Å². The van der Waals surface area contributed by atoms with Crippen LogP contribution >= 0.6 is 0 Å². The third-order valence-corrected chi connectivity index (χ3v) is 4.22. The minimum Gasteiger partial charge on any atom is -0.504 e. The zero-order valence-corrected chi connectivity index (χ0v) is 12.7. The van der Waals surface area contributed by atoms with Gasteiger partial charge in [-0.15, -0.1) is 0 Å². The maximum absolute atomic E-state index is 10.9. The number of aliphatic hydroxyl groups is 1. The molecule has 122 valence electrons. The Kier molecular flexibility index (Phi) is 2.22. The van der Waals surface area contributed by atoms with E-state index in [4.69, 9.17) is 17.1 Å². The average Bonchev–Trinajstić information content (AvgIpc) is 2.63. The van der Waals surface area contributed by atoms with E-state index < -0.39 is 42.9 Å². The van der Waals surface area contributed by atoms with Crippen LogP contribution in [0, 0.1) is 11.8 Å². The van der Waals surface area contributed by atoms with Crippen LogP contribution in [0.15, 0.2) is 12.1 Å². The van der Waals surface area contributed by atoms with Gasteiger partial charge in [0, 0.05) is 27.3 Å². The molecule has 2 aliphatic heterocycles. The number of rotatable bonds is 3.